The average molecular weight is 297 g/mol. The second-order valence-electron chi connectivity index (χ2n) is 5.32. The molecular weight excluding hydrogens is 278 g/mol. The standard InChI is InChI=1S/C17H19N3O2/c1-3-16-18-10-13(11-19-16)17(21)20-8-7-15(20)12-5-4-6-14(9-12)22-2/h4-6,9-11,15H,3,7-8H2,1-2H3/t15-/m1/s1. The first kappa shape index (κ1) is 14.5. The van der Waals surface area contributed by atoms with Gasteiger partial charge in [0.2, 0.25) is 0 Å². The number of aromatic nitrogens is 2. The molecule has 114 valence electrons. The highest BCUT2D eigenvalue weighted by molar-refractivity contribution is 5.94. The highest BCUT2D eigenvalue weighted by Gasteiger charge is 2.34. The van der Waals surface area contributed by atoms with Gasteiger partial charge in [-0.2, -0.15) is 0 Å². The van der Waals surface area contributed by atoms with E-state index in [2.05, 4.69) is 9.97 Å². The largest absolute Gasteiger partial charge is 0.497 e. The van der Waals surface area contributed by atoms with Gasteiger partial charge in [-0.15, -0.1) is 0 Å². The number of carbonyl (C=O) groups excluding carboxylic acids is 1. The molecular formula is C17H19N3O2. The van der Waals surface area contributed by atoms with Gasteiger partial charge in [-0.3, -0.25) is 4.79 Å². The number of methoxy groups -OCH3 is 1. The van der Waals surface area contributed by atoms with E-state index < -0.39 is 0 Å². The van der Waals surface area contributed by atoms with Crippen LogP contribution in [-0.2, 0) is 6.42 Å². The number of likely N-dealkylation sites (tertiary alicyclic amines) is 1. The Morgan fingerprint density at radius 3 is 2.73 bits per heavy atom. The lowest BCUT2D eigenvalue weighted by molar-refractivity contribution is 0.0459. The Bertz CT molecular complexity index is 670. The molecule has 0 aliphatic carbocycles. The van der Waals surface area contributed by atoms with Gasteiger partial charge in [-0.05, 0) is 24.1 Å². The van der Waals surface area contributed by atoms with Gasteiger partial charge in [-0.1, -0.05) is 19.1 Å². The first-order chi connectivity index (χ1) is 10.7. The zero-order valence-electron chi connectivity index (χ0n) is 12.8. The second kappa shape index (κ2) is 6.13. The van der Waals surface area contributed by atoms with Crippen LogP contribution >= 0.6 is 0 Å². The number of nitrogens with zero attached hydrogens (tertiary/aromatic N) is 3. The van der Waals surface area contributed by atoms with Gasteiger partial charge in [0.25, 0.3) is 5.91 Å². The van der Waals surface area contributed by atoms with Gasteiger partial charge in [-0.25, -0.2) is 9.97 Å². The molecule has 3 rings (SSSR count). The summed E-state index contributed by atoms with van der Waals surface area (Å²) in [7, 11) is 1.65. The summed E-state index contributed by atoms with van der Waals surface area (Å²) >= 11 is 0. The molecule has 5 heteroatoms. The van der Waals surface area contributed by atoms with Crippen molar-refractivity contribution in [3.63, 3.8) is 0 Å². The molecule has 0 N–H and O–H groups in total. The van der Waals surface area contributed by atoms with Crippen molar-refractivity contribution in [1.29, 1.82) is 0 Å². The van der Waals surface area contributed by atoms with Crippen LogP contribution in [0.4, 0.5) is 0 Å². The minimum Gasteiger partial charge on any atom is -0.497 e. The molecule has 5 nitrogen and oxygen atoms in total. The fourth-order valence-electron chi connectivity index (χ4n) is 2.64. The maximum Gasteiger partial charge on any atom is 0.257 e. The quantitative estimate of drug-likeness (QED) is 0.870. The van der Waals surface area contributed by atoms with E-state index in [0.717, 1.165) is 36.5 Å². The zero-order chi connectivity index (χ0) is 15.5. The molecule has 1 saturated heterocycles. The normalized spacial score (nSPS) is 17.0. The lowest BCUT2D eigenvalue weighted by atomic mass is 9.94. The predicted octanol–water partition coefficient (Wildman–Crippen LogP) is 2.63. The van der Waals surface area contributed by atoms with Gasteiger partial charge in [0, 0.05) is 25.4 Å². The molecule has 1 atom stereocenters. The van der Waals surface area contributed by atoms with Crippen molar-refractivity contribution in [3.8, 4) is 5.75 Å². The van der Waals surface area contributed by atoms with Gasteiger partial charge >= 0.3 is 0 Å². The van der Waals surface area contributed by atoms with Crippen molar-refractivity contribution in [1.82, 2.24) is 14.9 Å². The smallest absolute Gasteiger partial charge is 0.257 e. The Morgan fingerprint density at radius 1 is 1.36 bits per heavy atom. The third-order valence-corrected chi connectivity index (χ3v) is 4.03. The molecule has 1 aromatic carbocycles. The number of hydrogen-bond donors (Lipinski definition) is 0. The molecule has 0 bridgehead atoms. The summed E-state index contributed by atoms with van der Waals surface area (Å²) in [5.74, 6) is 1.55. The van der Waals surface area contributed by atoms with E-state index in [-0.39, 0.29) is 11.9 Å². The molecule has 2 aromatic rings. The maximum absolute atomic E-state index is 12.6. The Balaban J connectivity index is 1.77. The van der Waals surface area contributed by atoms with E-state index in [9.17, 15) is 4.79 Å². The number of carbonyl (C=O) groups is 1. The molecule has 0 saturated carbocycles. The van der Waals surface area contributed by atoms with Crippen molar-refractivity contribution in [2.75, 3.05) is 13.7 Å². The van der Waals surface area contributed by atoms with Gasteiger partial charge in [0.15, 0.2) is 0 Å². The maximum atomic E-state index is 12.6. The molecule has 2 heterocycles. The second-order valence-corrected chi connectivity index (χ2v) is 5.32. The summed E-state index contributed by atoms with van der Waals surface area (Å²) in [5, 5.41) is 0. The molecule has 0 spiro atoms. The summed E-state index contributed by atoms with van der Waals surface area (Å²) in [6.07, 6.45) is 4.97. The Labute approximate surface area is 130 Å². The monoisotopic (exact) mass is 297 g/mol. The van der Waals surface area contributed by atoms with Crippen LogP contribution in [0.2, 0.25) is 0 Å². The molecule has 1 aromatic heterocycles. The minimum absolute atomic E-state index is 0.0123. The van der Waals surface area contributed by atoms with Gasteiger partial charge < -0.3 is 9.64 Å². The third kappa shape index (κ3) is 2.66. The minimum atomic E-state index is -0.0123. The van der Waals surface area contributed by atoms with Crippen molar-refractivity contribution in [2.24, 2.45) is 0 Å². The van der Waals surface area contributed by atoms with Crippen LogP contribution in [0.25, 0.3) is 0 Å². The molecule has 1 amide bonds. The summed E-state index contributed by atoms with van der Waals surface area (Å²) in [6, 6.07) is 7.98. The van der Waals surface area contributed by atoms with Crippen LogP contribution < -0.4 is 4.74 Å². The van der Waals surface area contributed by atoms with Crippen molar-refractivity contribution < 1.29 is 9.53 Å². The Kier molecular flexibility index (Phi) is 4.04. The lowest BCUT2D eigenvalue weighted by Gasteiger charge is -2.41. The fourth-order valence-corrected chi connectivity index (χ4v) is 2.64. The fraction of sp³-hybridized carbons (Fsp3) is 0.353. The molecule has 1 aliphatic rings. The van der Waals surface area contributed by atoms with Crippen LogP contribution in [0.1, 0.15) is 41.1 Å². The molecule has 22 heavy (non-hydrogen) atoms. The first-order valence-electron chi connectivity index (χ1n) is 7.48. The molecule has 0 radical (unpaired) electrons. The van der Waals surface area contributed by atoms with E-state index in [4.69, 9.17) is 4.74 Å². The predicted molar refractivity (Wildman–Crippen MR) is 82.8 cm³/mol. The molecule has 0 unspecified atom stereocenters. The van der Waals surface area contributed by atoms with E-state index in [0.29, 0.717) is 5.56 Å². The first-order valence-corrected chi connectivity index (χ1v) is 7.48. The SMILES string of the molecule is CCc1ncc(C(=O)N2CC[C@@H]2c2cccc(OC)c2)cn1. The number of rotatable bonds is 4. The van der Waals surface area contributed by atoms with Gasteiger partial charge in [0.1, 0.15) is 11.6 Å². The third-order valence-electron chi connectivity index (χ3n) is 4.03. The highest BCUT2D eigenvalue weighted by Crippen LogP contribution is 2.35. The van der Waals surface area contributed by atoms with E-state index in [1.54, 1.807) is 19.5 Å². The number of hydrogen-bond acceptors (Lipinski definition) is 4. The van der Waals surface area contributed by atoms with E-state index in [1.165, 1.54) is 0 Å². The van der Waals surface area contributed by atoms with Crippen LogP contribution in [0.5, 0.6) is 5.75 Å². The van der Waals surface area contributed by atoms with E-state index >= 15 is 0 Å². The zero-order valence-corrected chi connectivity index (χ0v) is 12.8. The summed E-state index contributed by atoms with van der Waals surface area (Å²) < 4.78 is 5.26. The average Bonchev–Trinajstić information content (AvgIpc) is 2.54. The number of ether oxygens (including phenoxy) is 1. The van der Waals surface area contributed by atoms with Crippen molar-refractivity contribution >= 4 is 5.91 Å². The van der Waals surface area contributed by atoms with Gasteiger partial charge in [0.05, 0.1) is 18.7 Å². The Hall–Kier alpha value is -2.43. The highest BCUT2D eigenvalue weighted by atomic mass is 16.5. The van der Waals surface area contributed by atoms with Crippen molar-refractivity contribution in [3.05, 3.63) is 53.6 Å². The topological polar surface area (TPSA) is 55.3 Å². The summed E-state index contributed by atoms with van der Waals surface area (Å²) in [5.41, 5.74) is 1.65. The van der Waals surface area contributed by atoms with Crippen LogP contribution in [0.15, 0.2) is 36.7 Å². The Morgan fingerprint density at radius 2 is 2.14 bits per heavy atom. The number of amides is 1. The molecule has 1 aliphatic heterocycles. The summed E-state index contributed by atoms with van der Waals surface area (Å²) in [6.45, 7) is 2.75. The number of benzene rings is 1. The lowest BCUT2D eigenvalue weighted by Crippen LogP contribution is -2.45. The van der Waals surface area contributed by atoms with Crippen LogP contribution in [0.3, 0.4) is 0 Å². The summed E-state index contributed by atoms with van der Waals surface area (Å²) in [4.78, 5) is 22.9. The van der Waals surface area contributed by atoms with Crippen LogP contribution in [0, 0.1) is 0 Å². The van der Waals surface area contributed by atoms with E-state index in [1.807, 2.05) is 36.1 Å². The molecule has 1 fully saturated rings. The number of aryl methyl sites for hydroxylation is 1. The van der Waals surface area contributed by atoms with Crippen LogP contribution in [-0.4, -0.2) is 34.4 Å². The van der Waals surface area contributed by atoms with Crippen molar-refractivity contribution in [2.45, 2.75) is 25.8 Å².